The Bertz CT molecular complexity index is 269. The molecule has 1 aliphatic rings. The molecule has 12 heavy (non-hydrogen) atoms. The molecule has 0 aromatic heterocycles. The molecule has 0 aromatic rings. The summed E-state index contributed by atoms with van der Waals surface area (Å²) in [5.74, 6) is 0. The maximum atomic E-state index is 5.37. The van der Waals surface area contributed by atoms with Crippen LogP contribution in [0.15, 0.2) is 0 Å². The maximum Gasteiger partial charge on any atom is 0.197 e. The third kappa shape index (κ3) is 3.53. The van der Waals surface area contributed by atoms with E-state index in [0.29, 0.717) is 0 Å². The monoisotopic (exact) mass is 282 g/mol. The summed E-state index contributed by atoms with van der Waals surface area (Å²) in [7, 11) is 0. The van der Waals surface area contributed by atoms with Crippen molar-refractivity contribution in [3.8, 4) is 0 Å². The summed E-state index contributed by atoms with van der Waals surface area (Å²) >= 11 is 15.3. The molecule has 0 aromatic carbocycles. The largest absolute Gasteiger partial charge is 0.273 e. The van der Waals surface area contributed by atoms with Crippen molar-refractivity contribution in [3.05, 3.63) is 0 Å². The van der Waals surface area contributed by atoms with Gasteiger partial charge in [-0.3, -0.25) is 12.9 Å². The van der Waals surface area contributed by atoms with E-state index >= 15 is 0 Å². The summed E-state index contributed by atoms with van der Waals surface area (Å²) in [6.07, 6.45) is 0. The highest BCUT2D eigenvalue weighted by Gasteiger charge is 2.36. The van der Waals surface area contributed by atoms with Crippen LogP contribution in [-0.4, -0.2) is 20.0 Å². The predicted molar refractivity (Wildman–Crippen MR) is 63.9 cm³/mol. The molecule has 0 atom stereocenters. The maximum absolute atomic E-state index is 5.37. The van der Waals surface area contributed by atoms with Crippen LogP contribution in [0.2, 0.25) is 0 Å². The Morgan fingerprint density at radius 3 is 1.00 bits per heavy atom. The molecule has 0 radical (unpaired) electrons. The minimum Gasteiger partial charge on any atom is -0.273 e. The minimum atomic E-state index is -2.23. The van der Waals surface area contributed by atoms with Gasteiger partial charge in [-0.2, -0.15) is 0 Å². The highest BCUT2D eigenvalue weighted by molar-refractivity contribution is 8.24. The SMILES string of the molecule is CP1(=S)OP(C)(=S)OP(C)(=S)O1. The van der Waals surface area contributed by atoms with E-state index in [2.05, 4.69) is 0 Å². The Kier molecular flexibility index (Phi) is 3.42. The van der Waals surface area contributed by atoms with Crippen LogP contribution >= 0.6 is 19.5 Å². The van der Waals surface area contributed by atoms with Crippen molar-refractivity contribution >= 4 is 54.9 Å². The minimum absolute atomic E-state index is 1.74. The van der Waals surface area contributed by atoms with Crippen LogP contribution in [-0.2, 0) is 48.4 Å². The molecular weight excluding hydrogens is 273 g/mol. The summed E-state index contributed by atoms with van der Waals surface area (Å²) in [6.45, 7) is -1.48. The van der Waals surface area contributed by atoms with E-state index in [4.69, 9.17) is 48.4 Å². The van der Waals surface area contributed by atoms with Crippen molar-refractivity contribution in [2.24, 2.45) is 0 Å². The van der Waals surface area contributed by atoms with Crippen LogP contribution in [0, 0.1) is 0 Å². The molecule has 72 valence electrons. The molecule has 0 aliphatic carbocycles. The molecule has 1 rings (SSSR count). The Hall–Kier alpha value is 1.83. The van der Waals surface area contributed by atoms with E-state index in [1.54, 1.807) is 20.0 Å². The summed E-state index contributed by atoms with van der Waals surface area (Å²) in [6, 6.07) is 0. The third-order valence-corrected chi connectivity index (χ3v) is 11.6. The second-order valence-electron chi connectivity index (χ2n) is 2.56. The molecule has 0 amide bonds. The van der Waals surface area contributed by atoms with Crippen molar-refractivity contribution in [1.82, 2.24) is 0 Å². The molecule has 0 saturated carbocycles. The second kappa shape index (κ2) is 3.44. The third-order valence-electron chi connectivity index (χ3n) is 0.890. The molecule has 1 saturated heterocycles. The molecule has 1 aliphatic heterocycles. The van der Waals surface area contributed by atoms with E-state index in [1.807, 2.05) is 0 Å². The van der Waals surface area contributed by atoms with Crippen LogP contribution in [0.3, 0.4) is 0 Å². The standard InChI is InChI=1S/C3H9O3P3S3/c1-7(10)4-8(2,11)6-9(3,12)5-7/h1-3H3. The van der Waals surface area contributed by atoms with Gasteiger partial charge in [0.2, 0.25) is 0 Å². The van der Waals surface area contributed by atoms with Gasteiger partial charge in [0.05, 0.1) is 0 Å². The van der Waals surface area contributed by atoms with Gasteiger partial charge in [-0.15, -0.1) is 0 Å². The Morgan fingerprint density at radius 1 is 0.667 bits per heavy atom. The summed E-state index contributed by atoms with van der Waals surface area (Å²) in [4.78, 5) is 0. The highest BCUT2D eigenvalue weighted by Crippen LogP contribution is 2.79. The quantitative estimate of drug-likeness (QED) is 0.634. The average Bonchev–Trinajstić information content (AvgIpc) is 1.44. The molecule has 1 fully saturated rings. The molecule has 3 nitrogen and oxygen atoms in total. The first-order chi connectivity index (χ1) is 5.12. The first kappa shape index (κ1) is 11.9. The van der Waals surface area contributed by atoms with Gasteiger partial charge in [0.25, 0.3) is 0 Å². The van der Waals surface area contributed by atoms with E-state index in [0.717, 1.165) is 0 Å². The van der Waals surface area contributed by atoms with E-state index in [-0.39, 0.29) is 0 Å². The molecular formula is C3H9O3P3S3. The zero-order chi connectivity index (χ0) is 9.62. The average molecular weight is 282 g/mol. The second-order valence-corrected chi connectivity index (χ2v) is 15.1. The molecule has 0 spiro atoms. The molecule has 0 N–H and O–H groups in total. The fourth-order valence-electron chi connectivity index (χ4n) is 0.853. The first-order valence-corrected chi connectivity index (χ1v) is 12.2. The van der Waals surface area contributed by atoms with E-state index in [1.165, 1.54) is 0 Å². The highest BCUT2D eigenvalue weighted by atomic mass is 32.5. The number of hydrogen-bond donors (Lipinski definition) is 0. The zero-order valence-electron chi connectivity index (χ0n) is 6.79. The molecule has 0 unspecified atom stereocenters. The fourth-order valence-corrected chi connectivity index (χ4v) is 16.5. The molecule has 0 bridgehead atoms. The van der Waals surface area contributed by atoms with Crippen LogP contribution in [0.5, 0.6) is 0 Å². The Balaban J connectivity index is 3.05. The van der Waals surface area contributed by atoms with Crippen LogP contribution in [0.1, 0.15) is 0 Å². The lowest BCUT2D eigenvalue weighted by Crippen LogP contribution is -2.00. The first-order valence-electron chi connectivity index (χ1n) is 2.98. The smallest absolute Gasteiger partial charge is 0.197 e. The van der Waals surface area contributed by atoms with Crippen molar-refractivity contribution in [3.63, 3.8) is 0 Å². The van der Waals surface area contributed by atoms with Crippen LogP contribution < -0.4 is 0 Å². The van der Waals surface area contributed by atoms with Crippen molar-refractivity contribution in [2.45, 2.75) is 0 Å². The normalized spacial score (nSPS) is 55.2. The number of hydrogen-bond acceptors (Lipinski definition) is 6. The summed E-state index contributed by atoms with van der Waals surface area (Å²) in [5, 5.41) is 0. The zero-order valence-corrected chi connectivity index (χ0v) is 11.9. The predicted octanol–water partition coefficient (Wildman–Crippen LogP) is 2.87. The van der Waals surface area contributed by atoms with Gasteiger partial charge >= 0.3 is 0 Å². The number of rotatable bonds is 0. The van der Waals surface area contributed by atoms with Gasteiger partial charge in [0.15, 0.2) is 19.5 Å². The molecule has 1 heterocycles. The van der Waals surface area contributed by atoms with Gasteiger partial charge in [-0.25, -0.2) is 0 Å². The lowest BCUT2D eigenvalue weighted by molar-refractivity contribution is 0.421. The van der Waals surface area contributed by atoms with Crippen molar-refractivity contribution in [1.29, 1.82) is 0 Å². The van der Waals surface area contributed by atoms with Gasteiger partial charge in [-0.05, 0) is 35.4 Å². The van der Waals surface area contributed by atoms with Crippen LogP contribution in [0.25, 0.3) is 0 Å². The van der Waals surface area contributed by atoms with Crippen molar-refractivity contribution in [2.75, 3.05) is 20.0 Å². The van der Waals surface area contributed by atoms with Crippen molar-refractivity contribution < 1.29 is 12.9 Å². The lowest BCUT2D eigenvalue weighted by Gasteiger charge is -2.36. The Morgan fingerprint density at radius 2 is 0.833 bits per heavy atom. The fraction of sp³-hybridized carbons (Fsp3) is 1.00. The van der Waals surface area contributed by atoms with Gasteiger partial charge in [0.1, 0.15) is 0 Å². The summed E-state index contributed by atoms with van der Waals surface area (Å²) in [5.41, 5.74) is 0. The van der Waals surface area contributed by atoms with E-state index < -0.39 is 19.5 Å². The van der Waals surface area contributed by atoms with Gasteiger partial charge in [-0.1, -0.05) is 0 Å². The summed E-state index contributed by atoms with van der Waals surface area (Å²) < 4.78 is 16.1. The lowest BCUT2D eigenvalue weighted by atomic mass is 12.0. The van der Waals surface area contributed by atoms with Gasteiger partial charge in [0, 0.05) is 20.0 Å². The van der Waals surface area contributed by atoms with E-state index in [9.17, 15) is 0 Å². The Labute approximate surface area is 87.7 Å². The van der Waals surface area contributed by atoms with Gasteiger partial charge < -0.3 is 0 Å². The topological polar surface area (TPSA) is 27.7 Å². The molecule has 9 heteroatoms. The van der Waals surface area contributed by atoms with Crippen LogP contribution in [0.4, 0.5) is 0 Å².